The van der Waals surface area contributed by atoms with Crippen LogP contribution in [0.1, 0.15) is 23.3 Å². The van der Waals surface area contributed by atoms with Gasteiger partial charge in [0.1, 0.15) is 6.26 Å². The molecule has 2 heterocycles. The average molecular weight is 209 g/mol. The first-order chi connectivity index (χ1) is 7.33. The number of hydrogen-bond donors (Lipinski definition) is 1. The molecule has 1 aliphatic heterocycles. The fraction of sp³-hybridized carbons (Fsp3) is 0.600. The molecule has 15 heavy (non-hydrogen) atoms. The molecule has 1 N–H and O–H groups in total. The summed E-state index contributed by atoms with van der Waals surface area (Å²) in [6.45, 7) is 1.65. The van der Waals surface area contributed by atoms with Crippen molar-refractivity contribution >= 4 is 5.91 Å². The number of rotatable bonds is 3. The fourth-order valence-electron chi connectivity index (χ4n) is 2.02. The van der Waals surface area contributed by atoms with Gasteiger partial charge < -0.3 is 14.7 Å². The molecule has 1 saturated heterocycles. The van der Waals surface area contributed by atoms with Crippen LogP contribution in [-0.4, -0.2) is 42.1 Å². The van der Waals surface area contributed by atoms with Gasteiger partial charge in [-0.15, -0.1) is 0 Å². The standard InChI is InChI=1S/C10H15N3O2/c1-11-7-8-3-2-5-13(8)10(14)9-4-6-15-12-9/h4,6,8,11H,2-3,5,7H2,1H3. The van der Waals surface area contributed by atoms with Gasteiger partial charge in [0, 0.05) is 25.2 Å². The molecule has 1 atom stereocenters. The fourth-order valence-corrected chi connectivity index (χ4v) is 2.02. The molecule has 1 aliphatic rings. The summed E-state index contributed by atoms with van der Waals surface area (Å²) in [5.41, 5.74) is 0.401. The molecule has 0 radical (unpaired) electrons. The van der Waals surface area contributed by atoms with Crippen molar-refractivity contribution in [3.63, 3.8) is 0 Å². The van der Waals surface area contributed by atoms with Gasteiger partial charge in [0.15, 0.2) is 5.69 Å². The zero-order valence-corrected chi connectivity index (χ0v) is 8.77. The van der Waals surface area contributed by atoms with Crippen LogP contribution >= 0.6 is 0 Å². The van der Waals surface area contributed by atoms with Gasteiger partial charge in [-0.25, -0.2) is 0 Å². The molecule has 5 nitrogen and oxygen atoms in total. The van der Waals surface area contributed by atoms with Crippen molar-refractivity contribution in [1.29, 1.82) is 0 Å². The summed E-state index contributed by atoms with van der Waals surface area (Å²) in [5.74, 6) is -0.0264. The van der Waals surface area contributed by atoms with E-state index in [0.717, 1.165) is 25.9 Å². The molecule has 0 bridgehead atoms. The second kappa shape index (κ2) is 4.44. The van der Waals surface area contributed by atoms with Crippen molar-refractivity contribution in [2.24, 2.45) is 0 Å². The highest BCUT2D eigenvalue weighted by Crippen LogP contribution is 2.18. The third kappa shape index (κ3) is 2.02. The van der Waals surface area contributed by atoms with E-state index in [1.807, 2.05) is 11.9 Å². The van der Waals surface area contributed by atoms with Crippen molar-refractivity contribution in [1.82, 2.24) is 15.4 Å². The van der Waals surface area contributed by atoms with E-state index in [9.17, 15) is 4.79 Å². The van der Waals surface area contributed by atoms with Crippen LogP contribution in [0.5, 0.6) is 0 Å². The minimum Gasteiger partial charge on any atom is -0.364 e. The largest absolute Gasteiger partial charge is 0.364 e. The Labute approximate surface area is 88.4 Å². The SMILES string of the molecule is CNCC1CCCN1C(=O)c1ccon1. The number of likely N-dealkylation sites (N-methyl/N-ethyl adjacent to an activating group) is 1. The van der Waals surface area contributed by atoms with Crippen molar-refractivity contribution in [3.05, 3.63) is 18.0 Å². The molecule has 1 amide bonds. The lowest BCUT2D eigenvalue weighted by atomic mass is 10.2. The number of carbonyl (C=O) groups is 1. The van der Waals surface area contributed by atoms with E-state index in [-0.39, 0.29) is 5.91 Å². The highest BCUT2D eigenvalue weighted by Gasteiger charge is 2.29. The monoisotopic (exact) mass is 209 g/mol. The van der Waals surface area contributed by atoms with E-state index in [1.54, 1.807) is 6.07 Å². The molecule has 1 aromatic rings. The molecule has 0 spiro atoms. The Balaban J connectivity index is 2.06. The Morgan fingerprint density at radius 2 is 2.67 bits per heavy atom. The summed E-state index contributed by atoms with van der Waals surface area (Å²) >= 11 is 0. The van der Waals surface area contributed by atoms with E-state index in [1.165, 1.54) is 6.26 Å². The van der Waals surface area contributed by atoms with Gasteiger partial charge in [-0.2, -0.15) is 0 Å². The van der Waals surface area contributed by atoms with Crippen molar-refractivity contribution in [3.8, 4) is 0 Å². The predicted molar refractivity (Wildman–Crippen MR) is 54.5 cm³/mol. The van der Waals surface area contributed by atoms with Crippen LogP contribution in [0.15, 0.2) is 16.9 Å². The lowest BCUT2D eigenvalue weighted by molar-refractivity contribution is 0.0726. The van der Waals surface area contributed by atoms with Gasteiger partial charge in [-0.1, -0.05) is 5.16 Å². The van der Waals surface area contributed by atoms with Gasteiger partial charge in [-0.05, 0) is 19.9 Å². The Morgan fingerprint density at radius 3 is 3.33 bits per heavy atom. The van der Waals surface area contributed by atoms with Gasteiger partial charge in [-0.3, -0.25) is 4.79 Å². The van der Waals surface area contributed by atoms with Crippen molar-refractivity contribution < 1.29 is 9.32 Å². The molecule has 0 aliphatic carbocycles. The molecule has 1 unspecified atom stereocenters. The van der Waals surface area contributed by atoms with Gasteiger partial charge in [0.25, 0.3) is 5.91 Å². The summed E-state index contributed by atoms with van der Waals surface area (Å²) in [5, 5.41) is 6.77. The summed E-state index contributed by atoms with van der Waals surface area (Å²) in [6, 6.07) is 1.90. The second-order valence-electron chi connectivity index (χ2n) is 3.74. The van der Waals surface area contributed by atoms with Crippen LogP contribution in [0, 0.1) is 0 Å². The maximum absolute atomic E-state index is 12.0. The lowest BCUT2D eigenvalue weighted by Crippen LogP contribution is -2.40. The van der Waals surface area contributed by atoms with Crippen LogP contribution in [0.3, 0.4) is 0 Å². The van der Waals surface area contributed by atoms with Crippen LogP contribution in [0.4, 0.5) is 0 Å². The zero-order valence-electron chi connectivity index (χ0n) is 8.77. The van der Waals surface area contributed by atoms with Crippen LogP contribution in [-0.2, 0) is 0 Å². The first kappa shape index (κ1) is 10.2. The van der Waals surface area contributed by atoms with E-state index in [4.69, 9.17) is 0 Å². The van der Waals surface area contributed by atoms with E-state index < -0.39 is 0 Å². The highest BCUT2D eigenvalue weighted by molar-refractivity contribution is 5.92. The quantitative estimate of drug-likeness (QED) is 0.787. The van der Waals surface area contributed by atoms with Gasteiger partial charge >= 0.3 is 0 Å². The van der Waals surface area contributed by atoms with E-state index in [2.05, 4.69) is 15.0 Å². The molecule has 0 saturated carbocycles. The molecule has 2 rings (SSSR count). The number of carbonyl (C=O) groups excluding carboxylic acids is 1. The Morgan fingerprint density at radius 1 is 1.80 bits per heavy atom. The molecule has 1 aromatic heterocycles. The van der Waals surface area contributed by atoms with Crippen LogP contribution in [0.2, 0.25) is 0 Å². The van der Waals surface area contributed by atoms with Crippen LogP contribution < -0.4 is 5.32 Å². The first-order valence-corrected chi connectivity index (χ1v) is 5.19. The maximum Gasteiger partial charge on any atom is 0.276 e. The second-order valence-corrected chi connectivity index (χ2v) is 3.74. The number of amides is 1. The molecule has 82 valence electrons. The first-order valence-electron chi connectivity index (χ1n) is 5.19. The molecular weight excluding hydrogens is 194 g/mol. The highest BCUT2D eigenvalue weighted by atomic mass is 16.5. The third-order valence-electron chi connectivity index (χ3n) is 2.73. The predicted octanol–water partition coefficient (Wildman–Crippen LogP) is 0.499. The smallest absolute Gasteiger partial charge is 0.276 e. The Hall–Kier alpha value is -1.36. The number of aromatic nitrogens is 1. The number of hydrogen-bond acceptors (Lipinski definition) is 4. The molecule has 5 heteroatoms. The number of nitrogens with one attached hydrogen (secondary N) is 1. The minimum atomic E-state index is -0.0264. The number of likely N-dealkylation sites (tertiary alicyclic amines) is 1. The van der Waals surface area contributed by atoms with Gasteiger partial charge in [0.2, 0.25) is 0 Å². The molecule has 1 fully saturated rings. The zero-order chi connectivity index (χ0) is 10.7. The average Bonchev–Trinajstić information content (AvgIpc) is 2.87. The van der Waals surface area contributed by atoms with Crippen molar-refractivity contribution in [2.45, 2.75) is 18.9 Å². The number of nitrogens with zero attached hydrogens (tertiary/aromatic N) is 2. The van der Waals surface area contributed by atoms with E-state index in [0.29, 0.717) is 11.7 Å². The summed E-state index contributed by atoms with van der Waals surface area (Å²) in [4.78, 5) is 13.8. The normalized spacial score (nSPS) is 20.9. The Kier molecular flexibility index (Phi) is 3.01. The van der Waals surface area contributed by atoms with Crippen molar-refractivity contribution in [2.75, 3.05) is 20.1 Å². The van der Waals surface area contributed by atoms with Crippen LogP contribution in [0.25, 0.3) is 0 Å². The molecular formula is C10H15N3O2. The molecule has 0 aromatic carbocycles. The van der Waals surface area contributed by atoms with Gasteiger partial charge in [0.05, 0.1) is 0 Å². The third-order valence-corrected chi connectivity index (χ3v) is 2.73. The minimum absolute atomic E-state index is 0.0264. The topological polar surface area (TPSA) is 58.4 Å². The summed E-state index contributed by atoms with van der Waals surface area (Å²) in [7, 11) is 1.90. The lowest BCUT2D eigenvalue weighted by Gasteiger charge is -2.23. The van der Waals surface area contributed by atoms with E-state index >= 15 is 0 Å². The maximum atomic E-state index is 12.0. The summed E-state index contributed by atoms with van der Waals surface area (Å²) in [6.07, 6.45) is 3.55. The summed E-state index contributed by atoms with van der Waals surface area (Å²) < 4.78 is 4.68. The Bertz CT molecular complexity index is 323.